The average Bonchev–Trinajstić information content (AvgIpc) is 3.19. The van der Waals surface area contributed by atoms with Gasteiger partial charge in [-0.3, -0.25) is 4.79 Å². The Hall–Kier alpha value is -5.39. The van der Waals surface area contributed by atoms with E-state index in [4.69, 9.17) is 0 Å². The minimum absolute atomic E-state index is 0.169. The summed E-state index contributed by atoms with van der Waals surface area (Å²) in [6.07, 6.45) is 1.51. The molecule has 52 heavy (non-hydrogen) atoms. The van der Waals surface area contributed by atoms with Gasteiger partial charge in [0.2, 0.25) is 0 Å². The molecule has 0 atom stereocenters. The summed E-state index contributed by atoms with van der Waals surface area (Å²) in [5, 5.41) is 22.1. The number of aryl methyl sites for hydroxylation is 1. The molecule has 4 heteroatoms. The molecule has 0 bridgehead atoms. The lowest BCUT2D eigenvalue weighted by Crippen LogP contribution is -2.26. The van der Waals surface area contributed by atoms with Crippen LogP contribution in [0.2, 0.25) is 0 Å². The lowest BCUT2D eigenvalue weighted by atomic mass is 9.92. The molecule has 0 spiro atoms. The largest absolute Gasteiger partial charge is 0.481 e. The van der Waals surface area contributed by atoms with E-state index in [-0.39, 0.29) is 6.42 Å². The summed E-state index contributed by atoms with van der Waals surface area (Å²) in [4.78, 5) is 11.3. The lowest BCUT2D eigenvalue weighted by Gasteiger charge is -2.28. The topological polar surface area (TPSA) is 37.3 Å². The molecular weight excluding hydrogens is 670 g/mol. The number of fused-ring (bicyclic) bond motifs is 2. The molecule has 1 N–H and O–H groups in total. The average molecular weight is 709 g/mol. The highest BCUT2D eigenvalue weighted by Gasteiger charge is 2.28. The fraction of sp³-hybridized carbons (Fsp3) is 0.0625. The Morgan fingerprint density at radius 2 is 0.865 bits per heavy atom. The Kier molecular flexibility index (Phi) is 10.0. The summed E-state index contributed by atoms with van der Waals surface area (Å²) in [6, 6.07) is 68.9. The van der Waals surface area contributed by atoms with Crippen molar-refractivity contribution < 1.29 is 9.90 Å². The van der Waals surface area contributed by atoms with Crippen LogP contribution in [0.25, 0.3) is 32.7 Å². The Labute approximate surface area is 307 Å². The third-order valence-electron chi connectivity index (χ3n) is 9.61. The van der Waals surface area contributed by atoms with Crippen molar-refractivity contribution in [2.24, 2.45) is 0 Å². The van der Waals surface area contributed by atoms with Crippen LogP contribution in [0.3, 0.4) is 0 Å². The Morgan fingerprint density at radius 3 is 1.35 bits per heavy atom. The van der Waals surface area contributed by atoms with Gasteiger partial charge in [-0.2, -0.15) is 0 Å². The highest BCUT2D eigenvalue weighted by Crippen LogP contribution is 2.45. The first kappa shape index (κ1) is 33.7. The van der Waals surface area contributed by atoms with Gasteiger partial charge in [0.15, 0.2) is 0 Å². The van der Waals surface area contributed by atoms with Gasteiger partial charge in [0.05, 0.1) is 0 Å². The lowest BCUT2D eigenvalue weighted by molar-refractivity contribution is -0.137. The first-order valence-corrected chi connectivity index (χ1v) is 20.4. The van der Waals surface area contributed by atoms with Gasteiger partial charge in [0.25, 0.3) is 0 Å². The van der Waals surface area contributed by atoms with Crippen molar-refractivity contribution >= 4 is 75.2 Å². The van der Waals surface area contributed by atoms with E-state index in [0.717, 1.165) is 12.0 Å². The Balaban J connectivity index is 1.48. The molecule has 8 rings (SSSR count). The zero-order chi connectivity index (χ0) is 35.3. The highest BCUT2D eigenvalue weighted by molar-refractivity contribution is 7.80. The minimum atomic E-state index is -0.942. The molecule has 0 aliphatic carbocycles. The quantitative estimate of drug-likeness (QED) is 0.136. The first-order chi connectivity index (χ1) is 25.7. The van der Waals surface area contributed by atoms with E-state index in [9.17, 15) is 9.90 Å². The second-order valence-electron chi connectivity index (χ2n) is 13.0. The molecule has 0 amide bonds. The zero-order valence-corrected chi connectivity index (χ0v) is 30.6. The molecule has 0 heterocycles. The van der Waals surface area contributed by atoms with E-state index < -0.39 is 21.8 Å². The highest BCUT2D eigenvalue weighted by atomic mass is 31.1. The van der Waals surface area contributed by atoms with E-state index in [0.29, 0.717) is 6.42 Å². The van der Waals surface area contributed by atoms with Crippen LogP contribution in [0.5, 0.6) is 0 Å². The van der Waals surface area contributed by atoms with Crippen molar-refractivity contribution in [3.05, 3.63) is 194 Å². The zero-order valence-electron chi connectivity index (χ0n) is 28.8. The van der Waals surface area contributed by atoms with Crippen molar-refractivity contribution in [2.45, 2.75) is 19.3 Å². The summed E-state index contributed by atoms with van der Waals surface area (Å²) in [6.45, 7) is 0. The van der Waals surface area contributed by atoms with Crippen molar-refractivity contribution in [2.75, 3.05) is 0 Å². The summed E-state index contributed by atoms with van der Waals surface area (Å²) in [5.74, 6) is -0.750. The number of aliphatic carboxylic acids is 1. The molecule has 8 aromatic carbocycles. The van der Waals surface area contributed by atoms with Gasteiger partial charge in [0.1, 0.15) is 0 Å². The van der Waals surface area contributed by atoms with Gasteiger partial charge in [0, 0.05) is 6.42 Å². The van der Waals surface area contributed by atoms with Crippen LogP contribution >= 0.6 is 15.8 Å². The summed E-state index contributed by atoms with van der Waals surface area (Å²) in [7, 11) is -1.87. The van der Waals surface area contributed by atoms with Gasteiger partial charge in [-0.15, -0.1) is 0 Å². The second kappa shape index (κ2) is 15.5. The fourth-order valence-electron chi connectivity index (χ4n) is 7.29. The van der Waals surface area contributed by atoms with Crippen molar-refractivity contribution in [3.63, 3.8) is 0 Å². The van der Waals surface area contributed by atoms with Crippen LogP contribution < -0.4 is 31.8 Å². The normalized spacial score (nSPS) is 11.4. The maximum atomic E-state index is 11.3. The first-order valence-electron chi connectivity index (χ1n) is 17.8. The molecule has 0 aliphatic rings. The molecule has 8 aromatic rings. The minimum Gasteiger partial charge on any atom is -0.481 e. The predicted octanol–water partition coefficient (Wildman–Crippen LogP) is 9.58. The number of carboxylic acids is 1. The van der Waals surface area contributed by atoms with Gasteiger partial charge < -0.3 is 5.11 Å². The predicted molar refractivity (Wildman–Crippen MR) is 225 cm³/mol. The molecule has 0 fully saturated rings. The fourth-order valence-corrected chi connectivity index (χ4v) is 12.2. The smallest absolute Gasteiger partial charge is 0.303 e. The number of hydrogen-bond donors (Lipinski definition) is 1. The molecular formula is C48H38O2P2. The van der Waals surface area contributed by atoms with E-state index >= 15 is 0 Å². The monoisotopic (exact) mass is 708 g/mol. The summed E-state index contributed by atoms with van der Waals surface area (Å²) >= 11 is 0. The number of benzene rings is 8. The number of carboxylic acid groups (broad SMARTS) is 1. The van der Waals surface area contributed by atoms with Crippen LogP contribution in [-0.4, -0.2) is 11.1 Å². The second-order valence-corrected chi connectivity index (χ2v) is 17.3. The van der Waals surface area contributed by atoms with Crippen LogP contribution in [0, 0.1) is 0 Å². The van der Waals surface area contributed by atoms with Crippen molar-refractivity contribution in [1.29, 1.82) is 0 Å². The molecule has 0 radical (unpaired) electrons. The number of hydrogen-bond acceptors (Lipinski definition) is 1. The van der Waals surface area contributed by atoms with E-state index in [1.54, 1.807) is 0 Å². The van der Waals surface area contributed by atoms with Gasteiger partial charge in [-0.25, -0.2) is 0 Å². The van der Waals surface area contributed by atoms with Crippen LogP contribution in [0.4, 0.5) is 0 Å². The third kappa shape index (κ3) is 6.93. The maximum Gasteiger partial charge on any atom is 0.303 e. The van der Waals surface area contributed by atoms with Crippen LogP contribution in [0.15, 0.2) is 188 Å². The Bertz CT molecular complexity index is 2390. The van der Waals surface area contributed by atoms with Crippen molar-refractivity contribution in [1.82, 2.24) is 0 Å². The molecule has 0 saturated carbocycles. The standard InChI is InChI=1S/C48H38O2P2/c49-46(50)27-15-16-35-28-31-43-37(34-35)30-33-45(52(40-22-9-3-10-23-40)41-24-11-4-12-25-41)48(43)47-42-26-14-13-17-36(42)29-32-44(47)51(38-18-5-1-6-19-38)39-20-7-2-8-21-39/h1-14,17-26,28-34H,15-16,27H2,(H,49,50). The SMILES string of the molecule is O=C(O)CCCc1ccc2c(-c3c(P(c4ccccc4)c4ccccc4)ccc4ccccc34)c(P(c3ccccc3)c3ccccc3)ccc2c1. The van der Waals surface area contributed by atoms with Crippen LogP contribution in [0.1, 0.15) is 18.4 Å². The number of carbonyl (C=O) groups is 1. The molecule has 0 aliphatic heterocycles. The third-order valence-corrected chi connectivity index (χ3v) is 14.6. The molecule has 0 unspecified atom stereocenters. The van der Waals surface area contributed by atoms with E-state index in [2.05, 4.69) is 188 Å². The summed E-state index contributed by atoms with van der Waals surface area (Å²) in [5.41, 5.74) is 3.73. The molecule has 2 nitrogen and oxygen atoms in total. The Morgan fingerprint density at radius 1 is 0.442 bits per heavy atom. The molecule has 252 valence electrons. The van der Waals surface area contributed by atoms with E-state index in [1.165, 1.54) is 64.5 Å². The van der Waals surface area contributed by atoms with E-state index in [1.807, 2.05) is 0 Å². The molecule has 0 aromatic heterocycles. The maximum absolute atomic E-state index is 11.3. The van der Waals surface area contributed by atoms with Crippen LogP contribution in [-0.2, 0) is 11.2 Å². The molecule has 0 saturated heterocycles. The summed E-state index contributed by atoms with van der Waals surface area (Å²) < 4.78 is 0. The van der Waals surface area contributed by atoms with Crippen molar-refractivity contribution in [3.8, 4) is 11.1 Å². The van der Waals surface area contributed by atoms with Gasteiger partial charge in [-0.05, 0) is 98.7 Å². The number of rotatable bonds is 11. The van der Waals surface area contributed by atoms with Gasteiger partial charge >= 0.3 is 5.97 Å². The van der Waals surface area contributed by atoms with Gasteiger partial charge in [-0.1, -0.05) is 188 Å².